The SMILES string of the molecule is CN(C)CCc1nc(O)c(-c2ccccc2Cl)c(=O)[nH]1. The number of rotatable bonds is 4. The van der Waals surface area contributed by atoms with E-state index in [0.29, 0.717) is 22.8 Å². The van der Waals surface area contributed by atoms with Crippen LogP contribution in [-0.4, -0.2) is 40.6 Å². The molecule has 0 aliphatic rings. The number of benzene rings is 1. The lowest BCUT2D eigenvalue weighted by atomic mass is 10.1. The van der Waals surface area contributed by atoms with Gasteiger partial charge in [0.05, 0.1) is 0 Å². The van der Waals surface area contributed by atoms with Crippen molar-refractivity contribution in [2.45, 2.75) is 6.42 Å². The maximum atomic E-state index is 12.1. The van der Waals surface area contributed by atoms with Crippen LogP contribution >= 0.6 is 11.6 Å². The maximum Gasteiger partial charge on any atom is 0.262 e. The molecule has 0 bridgehead atoms. The van der Waals surface area contributed by atoms with Crippen molar-refractivity contribution in [1.82, 2.24) is 14.9 Å². The fraction of sp³-hybridized carbons (Fsp3) is 0.286. The zero-order valence-electron chi connectivity index (χ0n) is 11.4. The normalized spacial score (nSPS) is 11.0. The van der Waals surface area contributed by atoms with Gasteiger partial charge in [0.25, 0.3) is 5.56 Å². The van der Waals surface area contributed by atoms with Crippen LogP contribution < -0.4 is 5.56 Å². The third kappa shape index (κ3) is 3.18. The standard InChI is InChI=1S/C14H16ClN3O2/c1-18(2)8-7-11-16-13(19)12(14(20)17-11)9-5-3-4-6-10(9)15/h3-6H,7-8H2,1-2H3,(H2,16,17,19,20). The van der Waals surface area contributed by atoms with Crippen molar-refractivity contribution >= 4 is 11.6 Å². The van der Waals surface area contributed by atoms with E-state index in [1.165, 1.54) is 0 Å². The van der Waals surface area contributed by atoms with Gasteiger partial charge < -0.3 is 15.0 Å². The van der Waals surface area contributed by atoms with Crippen LogP contribution in [0.2, 0.25) is 5.02 Å². The van der Waals surface area contributed by atoms with E-state index in [4.69, 9.17) is 11.6 Å². The lowest BCUT2D eigenvalue weighted by molar-refractivity contribution is 0.404. The summed E-state index contributed by atoms with van der Waals surface area (Å²) in [5.41, 5.74) is 0.183. The molecule has 0 fully saturated rings. The second-order valence-corrected chi connectivity index (χ2v) is 5.15. The van der Waals surface area contributed by atoms with Crippen molar-refractivity contribution in [1.29, 1.82) is 0 Å². The Kier molecular flexibility index (Phi) is 4.42. The molecule has 20 heavy (non-hydrogen) atoms. The van der Waals surface area contributed by atoms with Gasteiger partial charge in [-0.3, -0.25) is 4.79 Å². The van der Waals surface area contributed by atoms with Gasteiger partial charge in [-0.05, 0) is 20.2 Å². The fourth-order valence-corrected chi connectivity index (χ4v) is 2.09. The van der Waals surface area contributed by atoms with E-state index in [-0.39, 0.29) is 17.0 Å². The highest BCUT2D eigenvalue weighted by Crippen LogP contribution is 2.29. The highest BCUT2D eigenvalue weighted by molar-refractivity contribution is 6.33. The third-order valence-electron chi connectivity index (χ3n) is 2.89. The zero-order valence-corrected chi connectivity index (χ0v) is 12.1. The number of likely N-dealkylation sites (N-methyl/N-ethyl adjacent to an activating group) is 1. The quantitative estimate of drug-likeness (QED) is 0.903. The van der Waals surface area contributed by atoms with Crippen molar-refractivity contribution in [3.8, 4) is 17.0 Å². The highest BCUT2D eigenvalue weighted by Gasteiger charge is 2.15. The summed E-state index contributed by atoms with van der Waals surface area (Å²) in [4.78, 5) is 20.8. The number of aromatic nitrogens is 2. The number of nitrogens with zero attached hydrogens (tertiary/aromatic N) is 2. The Morgan fingerprint density at radius 2 is 2.05 bits per heavy atom. The Bertz CT molecular complexity index is 668. The van der Waals surface area contributed by atoms with Crippen LogP contribution in [-0.2, 0) is 6.42 Å². The van der Waals surface area contributed by atoms with Crippen LogP contribution in [0.3, 0.4) is 0 Å². The Morgan fingerprint density at radius 1 is 1.35 bits per heavy atom. The van der Waals surface area contributed by atoms with E-state index in [0.717, 1.165) is 6.54 Å². The summed E-state index contributed by atoms with van der Waals surface area (Å²) < 4.78 is 0. The van der Waals surface area contributed by atoms with Crippen molar-refractivity contribution in [2.24, 2.45) is 0 Å². The topological polar surface area (TPSA) is 69.2 Å². The summed E-state index contributed by atoms with van der Waals surface area (Å²) in [5, 5.41) is 10.4. The molecule has 0 saturated heterocycles. The lowest BCUT2D eigenvalue weighted by Gasteiger charge is -2.10. The number of aromatic amines is 1. The maximum absolute atomic E-state index is 12.1. The van der Waals surface area contributed by atoms with Crippen LogP contribution in [0.15, 0.2) is 29.1 Å². The zero-order chi connectivity index (χ0) is 14.7. The monoisotopic (exact) mass is 293 g/mol. The van der Waals surface area contributed by atoms with Crippen LogP contribution in [0.25, 0.3) is 11.1 Å². The molecule has 0 aliphatic heterocycles. The minimum atomic E-state index is -0.389. The number of nitrogens with one attached hydrogen (secondary N) is 1. The van der Waals surface area contributed by atoms with Crippen LogP contribution in [0.5, 0.6) is 5.88 Å². The van der Waals surface area contributed by atoms with Crippen molar-refractivity contribution in [3.63, 3.8) is 0 Å². The van der Waals surface area contributed by atoms with Gasteiger partial charge in [-0.2, -0.15) is 4.98 Å². The molecule has 106 valence electrons. The van der Waals surface area contributed by atoms with Gasteiger partial charge in [-0.25, -0.2) is 0 Å². The molecule has 0 amide bonds. The summed E-state index contributed by atoms with van der Waals surface area (Å²) in [6.07, 6.45) is 0.554. The van der Waals surface area contributed by atoms with E-state index in [1.807, 2.05) is 19.0 Å². The van der Waals surface area contributed by atoms with E-state index in [2.05, 4.69) is 9.97 Å². The largest absolute Gasteiger partial charge is 0.493 e. The molecule has 0 atom stereocenters. The first-order chi connectivity index (χ1) is 9.49. The van der Waals surface area contributed by atoms with E-state index >= 15 is 0 Å². The Labute approximate surface area is 121 Å². The molecule has 1 heterocycles. The number of H-pyrrole nitrogens is 1. The fourth-order valence-electron chi connectivity index (χ4n) is 1.86. The molecule has 6 heteroatoms. The summed E-state index contributed by atoms with van der Waals surface area (Å²) in [7, 11) is 3.85. The number of aromatic hydroxyl groups is 1. The molecule has 0 radical (unpaired) electrons. The van der Waals surface area contributed by atoms with Gasteiger partial charge >= 0.3 is 0 Å². The summed E-state index contributed by atoms with van der Waals surface area (Å²) in [5.74, 6) is 0.160. The van der Waals surface area contributed by atoms with Gasteiger partial charge in [0, 0.05) is 23.6 Å². The Balaban J connectivity index is 2.42. The molecule has 0 spiro atoms. The lowest BCUT2D eigenvalue weighted by Crippen LogP contribution is -2.20. The van der Waals surface area contributed by atoms with Crippen LogP contribution in [0, 0.1) is 0 Å². The molecule has 0 unspecified atom stereocenters. The third-order valence-corrected chi connectivity index (χ3v) is 3.22. The molecular formula is C14H16ClN3O2. The number of hydrogen-bond donors (Lipinski definition) is 2. The van der Waals surface area contributed by atoms with Crippen molar-refractivity contribution < 1.29 is 5.11 Å². The molecule has 2 rings (SSSR count). The summed E-state index contributed by atoms with van der Waals surface area (Å²) in [6.45, 7) is 0.730. The first-order valence-corrected chi connectivity index (χ1v) is 6.58. The molecule has 0 saturated carbocycles. The molecule has 0 aliphatic carbocycles. The molecule has 1 aromatic carbocycles. The minimum absolute atomic E-state index is 0.101. The second kappa shape index (κ2) is 6.07. The van der Waals surface area contributed by atoms with E-state index < -0.39 is 0 Å². The number of hydrogen-bond acceptors (Lipinski definition) is 4. The minimum Gasteiger partial charge on any atom is -0.493 e. The van der Waals surface area contributed by atoms with Crippen LogP contribution in [0.1, 0.15) is 5.82 Å². The first-order valence-electron chi connectivity index (χ1n) is 6.21. The number of halogens is 1. The average molecular weight is 294 g/mol. The van der Waals surface area contributed by atoms with Gasteiger partial charge in [-0.15, -0.1) is 0 Å². The van der Waals surface area contributed by atoms with Gasteiger partial charge in [0.2, 0.25) is 5.88 Å². The van der Waals surface area contributed by atoms with Gasteiger partial charge in [-0.1, -0.05) is 29.8 Å². The molecule has 2 aromatic rings. The van der Waals surface area contributed by atoms with Gasteiger partial charge in [0.15, 0.2) is 0 Å². The Hall–Kier alpha value is -1.85. The van der Waals surface area contributed by atoms with Crippen molar-refractivity contribution in [2.75, 3.05) is 20.6 Å². The first kappa shape index (κ1) is 14.6. The summed E-state index contributed by atoms with van der Waals surface area (Å²) >= 11 is 6.05. The average Bonchev–Trinajstić information content (AvgIpc) is 2.38. The predicted molar refractivity (Wildman–Crippen MR) is 79.2 cm³/mol. The smallest absolute Gasteiger partial charge is 0.262 e. The summed E-state index contributed by atoms with van der Waals surface area (Å²) in [6, 6.07) is 6.85. The molecule has 2 N–H and O–H groups in total. The van der Waals surface area contributed by atoms with Gasteiger partial charge in [0.1, 0.15) is 11.4 Å². The highest BCUT2D eigenvalue weighted by atomic mass is 35.5. The van der Waals surface area contributed by atoms with E-state index in [9.17, 15) is 9.90 Å². The molecular weight excluding hydrogens is 278 g/mol. The predicted octanol–water partition coefficient (Wildman–Crippen LogP) is 1.90. The second-order valence-electron chi connectivity index (χ2n) is 4.74. The Morgan fingerprint density at radius 3 is 2.65 bits per heavy atom. The van der Waals surface area contributed by atoms with Crippen LogP contribution in [0.4, 0.5) is 0 Å². The van der Waals surface area contributed by atoms with Crippen molar-refractivity contribution in [3.05, 3.63) is 45.5 Å². The molecule has 1 aromatic heterocycles. The molecule has 5 nitrogen and oxygen atoms in total. The van der Waals surface area contributed by atoms with E-state index in [1.54, 1.807) is 24.3 Å².